The number of ether oxygens (including phenoxy) is 1. The molecule has 0 aliphatic carbocycles. The second kappa shape index (κ2) is 9.53. The second-order valence-electron chi connectivity index (χ2n) is 6.51. The number of esters is 1. The van der Waals surface area contributed by atoms with Crippen molar-refractivity contribution in [2.24, 2.45) is 0 Å². The Morgan fingerprint density at radius 1 is 1.07 bits per heavy atom. The van der Waals surface area contributed by atoms with E-state index in [2.05, 4.69) is 5.32 Å². The highest BCUT2D eigenvalue weighted by atomic mass is 35.5. The van der Waals surface area contributed by atoms with Crippen LogP contribution in [0.5, 0.6) is 0 Å². The lowest BCUT2D eigenvalue weighted by molar-refractivity contribution is -0.150. The molecule has 1 atom stereocenters. The molecule has 1 aliphatic heterocycles. The van der Waals surface area contributed by atoms with Crippen LogP contribution in [0.4, 0.5) is 5.69 Å². The number of anilines is 1. The SMILES string of the molecule is O=C(COC(=O)C1CCCN1S(=O)(=O)c1ccc(Cl)cc1)Nc1ccc(Cl)c(Cl)c1. The summed E-state index contributed by atoms with van der Waals surface area (Å²) in [6, 6.07) is 9.21. The third-order valence-electron chi connectivity index (χ3n) is 4.44. The van der Waals surface area contributed by atoms with E-state index in [9.17, 15) is 18.0 Å². The van der Waals surface area contributed by atoms with Crippen molar-refractivity contribution in [3.63, 3.8) is 0 Å². The Kier molecular flexibility index (Phi) is 7.26. The van der Waals surface area contributed by atoms with Crippen LogP contribution in [0, 0.1) is 0 Å². The van der Waals surface area contributed by atoms with E-state index < -0.39 is 34.5 Å². The summed E-state index contributed by atoms with van der Waals surface area (Å²) in [7, 11) is -3.90. The van der Waals surface area contributed by atoms with Crippen molar-refractivity contribution in [1.29, 1.82) is 0 Å². The quantitative estimate of drug-likeness (QED) is 0.617. The van der Waals surface area contributed by atoms with Gasteiger partial charge >= 0.3 is 5.97 Å². The first kappa shape index (κ1) is 22.8. The monoisotopic (exact) mass is 490 g/mol. The highest BCUT2D eigenvalue weighted by molar-refractivity contribution is 7.89. The second-order valence-corrected chi connectivity index (χ2v) is 9.65. The Bertz CT molecular complexity index is 1060. The number of nitrogens with zero attached hydrogens (tertiary/aromatic N) is 1. The topological polar surface area (TPSA) is 92.8 Å². The van der Waals surface area contributed by atoms with Gasteiger partial charge in [0.1, 0.15) is 6.04 Å². The third kappa shape index (κ3) is 5.25. The number of halogens is 3. The first-order valence-electron chi connectivity index (χ1n) is 8.87. The molecule has 7 nitrogen and oxygen atoms in total. The van der Waals surface area contributed by atoms with Gasteiger partial charge in [0.25, 0.3) is 5.91 Å². The van der Waals surface area contributed by atoms with E-state index in [0.717, 1.165) is 4.31 Å². The summed E-state index contributed by atoms with van der Waals surface area (Å²) in [5.41, 5.74) is 0.387. The van der Waals surface area contributed by atoms with Gasteiger partial charge in [-0.05, 0) is 55.3 Å². The van der Waals surface area contributed by atoms with Gasteiger partial charge in [-0.3, -0.25) is 9.59 Å². The van der Waals surface area contributed by atoms with E-state index in [0.29, 0.717) is 28.6 Å². The zero-order valence-corrected chi connectivity index (χ0v) is 18.6. The molecule has 30 heavy (non-hydrogen) atoms. The van der Waals surface area contributed by atoms with E-state index in [1.165, 1.54) is 36.4 Å². The molecule has 1 fully saturated rings. The van der Waals surface area contributed by atoms with Crippen molar-refractivity contribution < 1.29 is 22.7 Å². The molecule has 11 heteroatoms. The molecular formula is C19H17Cl3N2O5S. The lowest BCUT2D eigenvalue weighted by atomic mass is 10.2. The number of hydrogen-bond donors (Lipinski definition) is 1. The van der Waals surface area contributed by atoms with Gasteiger partial charge in [-0.2, -0.15) is 4.31 Å². The zero-order valence-electron chi connectivity index (χ0n) is 15.5. The maximum absolute atomic E-state index is 12.9. The number of nitrogens with one attached hydrogen (secondary N) is 1. The Hall–Kier alpha value is -1.84. The van der Waals surface area contributed by atoms with E-state index in [1.54, 1.807) is 6.07 Å². The van der Waals surface area contributed by atoms with Crippen molar-refractivity contribution in [1.82, 2.24) is 4.31 Å². The van der Waals surface area contributed by atoms with Gasteiger partial charge in [0.15, 0.2) is 6.61 Å². The molecule has 0 saturated carbocycles. The molecule has 1 heterocycles. The van der Waals surface area contributed by atoms with Crippen LogP contribution in [-0.2, 0) is 24.3 Å². The van der Waals surface area contributed by atoms with Crippen LogP contribution in [0.25, 0.3) is 0 Å². The number of carbonyl (C=O) groups is 2. The van der Waals surface area contributed by atoms with Crippen LogP contribution >= 0.6 is 34.8 Å². The molecular weight excluding hydrogens is 475 g/mol. The van der Waals surface area contributed by atoms with Crippen molar-refractivity contribution in [3.8, 4) is 0 Å². The summed E-state index contributed by atoms with van der Waals surface area (Å²) < 4.78 is 31.9. The van der Waals surface area contributed by atoms with Crippen LogP contribution < -0.4 is 5.32 Å². The van der Waals surface area contributed by atoms with E-state index in [-0.39, 0.29) is 16.5 Å². The molecule has 2 aromatic carbocycles. The molecule has 0 radical (unpaired) electrons. The minimum absolute atomic E-state index is 0.0314. The van der Waals surface area contributed by atoms with Crippen molar-refractivity contribution >= 4 is 62.4 Å². The Labute approximate surface area is 188 Å². The van der Waals surface area contributed by atoms with E-state index >= 15 is 0 Å². The highest BCUT2D eigenvalue weighted by Crippen LogP contribution is 2.28. The molecule has 1 aliphatic rings. The number of benzene rings is 2. The minimum atomic E-state index is -3.90. The van der Waals surface area contributed by atoms with Gasteiger partial charge in [-0.15, -0.1) is 0 Å². The van der Waals surface area contributed by atoms with Crippen molar-refractivity contribution in [3.05, 3.63) is 57.5 Å². The number of rotatable bonds is 6. The largest absolute Gasteiger partial charge is 0.454 e. The smallest absolute Gasteiger partial charge is 0.324 e. The summed E-state index contributed by atoms with van der Waals surface area (Å²) in [4.78, 5) is 24.6. The van der Waals surface area contributed by atoms with Crippen LogP contribution in [-0.4, -0.2) is 43.8 Å². The van der Waals surface area contributed by atoms with Gasteiger partial charge in [0.2, 0.25) is 10.0 Å². The fourth-order valence-electron chi connectivity index (χ4n) is 3.01. The highest BCUT2D eigenvalue weighted by Gasteiger charge is 2.40. The third-order valence-corrected chi connectivity index (χ3v) is 7.36. The number of sulfonamides is 1. The van der Waals surface area contributed by atoms with Crippen LogP contribution in [0.3, 0.4) is 0 Å². The Morgan fingerprint density at radius 2 is 1.77 bits per heavy atom. The maximum atomic E-state index is 12.9. The molecule has 0 bridgehead atoms. The molecule has 1 amide bonds. The van der Waals surface area contributed by atoms with Crippen LogP contribution in [0.2, 0.25) is 15.1 Å². The predicted molar refractivity (Wildman–Crippen MR) is 114 cm³/mol. The summed E-state index contributed by atoms with van der Waals surface area (Å²) in [5, 5.41) is 3.53. The van der Waals surface area contributed by atoms with Gasteiger partial charge in [-0.1, -0.05) is 34.8 Å². The molecule has 1 unspecified atom stereocenters. The van der Waals surface area contributed by atoms with Gasteiger partial charge in [0.05, 0.1) is 14.9 Å². The first-order chi connectivity index (χ1) is 14.2. The molecule has 1 N–H and O–H groups in total. The number of hydrogen-bond acceptors (Lipinski definition) is 5. The van der Waals surface area contributed by atoms with Gasteiger partial charge in [-0.25, -0.2) is 8.42 Å². The van der Waals surface area contributed by atoms with Crippen molar-refractivity contribution in [2.45, 2.75) is 23.8 Å². The van der Waals surface area contributed by atoms with Crippen LogP contribution in [0.15, 0.2) is 47.4 Å². The summed E-state index contributed by atoms with van der Waals surface area (Å²) in [5.74, 6) is -1.37. The van der Waals surface area contributed by atoms with Crippen LogP contribution in [0.1, 0.15) is 12.8 Å². The van der Waals surface area contributed by atoms with Crippen molar-refractivity contribution in [2.75, 3.05) is 18.5 Å². The summed E-state index contributed by atoms with van der Waals surface area (Å²) >= 11 is 17.5. The predicted octanol–water partition coefficient (Wildman–Crippen LogP) is 3.98. The fraction of sp³-hybridized carbons (Fsp3) is 0.263. The lowest BCUT2D eigenvalue weighted by Gasteiger charge is -2.22. The number of amides is 1. The normalized spacial score (nSPS) is 17.0. The van der Waals surface area contributed by atoms with Gasteiger partial charge < -0.3 is 10.1 Å². The Morgan fingerprint density at radius 3 is 2.43 bits per heavy atom. The average molecular weight is 492 g/mol. The molecule has 3 rings (SSSR count). The minimum Gasteiger partial charge on any atom is -0.454 e. The molecule has 1 saturated heterocycles. The lowest BCUT2D eigenvalue weighted by Crippen LogP contribution is -2.42. The molecule has 0 aromatic heterocycles. The summed E-state index contributed by atoms with van der Waals surface area (Å²) in [6.45, 7) is -0.384. The molecule has 160 valence electrons. The van der Waals surface area contributed by atoms with E-state index in [1.807, 2.05) is 0 Å². The Balaban J connectivity index is 1.62. The standard InChI is InChI=1S/C19H17Cl3N2O5S/c20-12-3-6-14(7-4-12)30(27,28)24-9-1-2-17(24)19(26)29-11-18(25)23-13-5-8-15(21)16(22)10-13/h3-8,10,17H,1-2,9,11H2,(H,23,25). The maximum Gasteiger partial charge on any atom is 0.324 e. The summed E-state index contributed by atoms with van der Waals surface area (Å²) in [6.07, 6.45) is 0.808. The first-order valence-corrected chi connectivity index (χ1v) is 11.4. The fourth-order valence-corrected chi connectivity index (χ4v) is 5.08. The average Bonchev–Trinajstić information content (AvgIpc) is 3.20. The molecule has 2 aromatic rings. The van der Waals surface area contributed by atoms with Gasteiger partial charge in [0, 0.05) is 17.3 Å². The number of carbonyl (C=O) groups excluding carboxylic acids is 2. The van der Waals surface area contributed by atoms with E-state index in [4.69, 9.17) is 39.5 Å². The zero-order chi connectivity index (χ0) is 21.9. The molecule has 0 spiro atoms.